The molecule has 0 aromatic heterocycles. The zero-order valence-corrected chi connectivity index (χ0v) is 21.5. The van der Waals surface area contributed by atoms with Crippen molar-refractivity contribution in [2.75, 3.05) is 23.3 Å². The van der Waals surface area contributed by atoms with E-state index in [4.69, 9.17) is 19.1 Å². The van der Waals surface area contributed by atoms with Crippen molar-refractivity contribution in [2.24, 2.45) is 10.2 Å². The molecule has 12 heteroatoms. The van der Waals surface area contributed by atoms with Crippen LogP contribution < -0.4 is 10.1 Å². The van der Waals surface area contributed by atoms with E-state index >= 15 is 0 Å². The van der Waals surface area contributed by atoms with Gasteiger partial charge in [0.25, 0.3) is 0 Å². The van der Waals surface area contributed by atoms with Crippen LogP contribution in [0.4, 0.5) is 32.3 Å². The summed E-state index contributed by atoms with van der Waals surface area (Å²) in [5, 5.41) is 9.64. The molecule has 0 heterocycles. The number of hydrogen-bond acceptors (Lipinski definition) is 10. The third-order valence-electron chi connectivity index (χ3n) is 4.38. The van der Waals surface area contributed by atoms with Crippen LogP contribution in [0.2, 0.25) is 0 Å². The summed E-state index contributed by atoms with van der Waals surface area (Å²) in [5.74, 6) is -1.72. The predicted octanol–water partition coefficient (Wildman–Crippen LogP) is 6.10. The van der Waals surface area contributed by atoms with E-state index in [9.17, 15) is 19.2 Å². The monoisotopic (exact) mass is 524 g/mol. The van der Waals surface area contributed by atoms with Crippen molar-refractivity contribution in [2.45, 2.75) is 27.7 Å². The predicted molar refractivity (Wildman–Crippen MR) is 138 cm³/mol. The van der Waals surface area contributed by atoms with Gasteiger partial charge in [0.05, 0.1) is 13.2 Å². The number of nitrogens with zero attached hydrogens (tertiary/aromatic N) is 4. The Bertz CT molecular complexity index is 1160. The van der Waals surface area contributed by atoms with E-state index in [2.05, 4.69) is 23.4 Å². The quantitative estimate of drug-likeness (QED) is 0.230. The molecule has 2 aromatic carbocycles. The van der Waals surface area contributed by atoms with Crippen molar-refractivity contribution in [1.29, 1.82) is 0 Å². The number of anilines is 2. The van der Waals surface area contributed by atoms with Crippen LogP contribution in [0.5, 0.6) is 0 Å². The second-order valence-corrected chi connectivity index (χ2v) is 7.48. The van der Waals surface area contributed by atoms with E-state index < -0.39 is 24.1 Å². The van der Waals surface area contributed by atoms with Gasteiger partial charge in [-0.2, -0.15) is 0 Å². The molecule has 0 aliphatic carbocycles. The van der Waals surface area contributed by atoms with Crippen LogP contribution in [-0.4, -0.2) is 37.3 Å². The summed E-state index contributed by atoms with van der Waals surface area (Å²) in [6.07, 6.45) is -1.93. The minimum absolute atomic E-state index is 0.0175. The van der Waals surface area contributed by atoms with Gasteiger partial charge < -0.3 is 19.1 Å². The van der Waals surface area contributed by atoms with Crippen molar-refractivity contribution >= 4 is 46.9 Å². The third-order valence-corrected chi connectivity index (χ3v) is 4.38. The Morgan fingerprint density at radius 1 is 0.684 bits per heavy atom. The standard InChI is InChI=1S/C26H28N4O8/c1-7-35-25(33)29(37-23(31)17(3)4)21-15-11-9-13-19(21)27-28-20-14-10-12-16-22(20)30(26(34)36-8-2)38-24(32)18(5)6/h9-16H,3,5,7-8H2,1-2,4,6H3/b28-27+. The van der Waals surface area contributed by atoms with Gasteiger partial charge in [0.1, 0.15) is 22.7 Å². The number of carbonyl (C=O) groups is 4. The number of carbonyl (C=O) groups excluding carboxylic acids is 4. The first-order valence-corrected chi connectivity index (χ1v) is 11.4. The van der Waals surface area contributed by atoms with Crippen LogP contribution in [-0.2, 0) is 28.7 Å². The molecule has 0 unspecified atom stereocenters. The van der Waals surface area contributed by atoms with Gasteiger partial charge >= 0.3 is 24.1 Å². The SMILES string of the molecule is C=C(C)C(=O)ON(C(=O)OCC)c1ccccc1/N=N/c1ccccc1N(OC(=O)C(=C)C)C(=O)OCC. The highest BCUT2D eigenvalue weighted by atomic mass is 16.8. The molecule has 0 radical (unpaired) electrons. The average Bonchev–Trinajstić information content (AvgIpc) is 2.89. The molecule has 0 spiro atoms. The van der Waals surface area contributed by atoms with Crippen LogP contribution in [0.1, 0.15) is 27.7 Å². The molecule has 0 N–H and O–H groups in total. The molecular weight excluding hydrogens is 496 g/mol. The molecule has 12 nitrogen and oxygen atoms in total. The normalized spacial score (nSPS) is 10.3. The zero-order chi connectivity index (χ0) is 28.2. The maximum atomic E-state index is 12.6. The number of hydrogen-bond donors (Lipinski definition) is 0. The Balaban J connectivity index is 2.54. The van der Waals surface area contributed by atoms with Gasteiger partial charge in [-0.05, 0) is 52.0 Å². The largest absolute Gasteiger partial charge is 0.448 e. The molecule has 0 aliphatic heterocycles. The molecule has 2 amide bonds. The lowest BCUT2D eigenvalue weighted by atomic mass is 10.2. The average molecular weight is 525 g/mol. The Labute approximate surface area is 219 Å². The van der Waals surface area contributed by atoms with Crippen LogP contribution in [0.3, 0.4) is 0 Å². The number of rotatable bonds is 8. The number of amides is 2. The molecule has 0 saturated carbocycles. The number of benzene rings is 2. The number of hydroxylamine groups is 2. The van der Waals surface area contributed by atoms with E-state index in [1.165, 1.54) is 38.1 Å². The van der Waals surface area contributed by atoms with E-state index in [-0.39, 0.29) is 47.1 Å². The minimum atomic E-state index is -0.967. The first-order chi connectivity index (χ1) is 18.1. The topological polar surface area (TPSA) is 136 Å². The van der Waals surface area contributed by atoms with E-state index in [1.54, 1.807) is 38.1 Å². The van der Waals surface area contributed by atoms with Gasteiger partial charge in [0.2, 0.25) is 0 Å². The van der Waals surface area contributed by atoms with E-state index in [0.717, 1.165) is 0 Å². The van der Waals surface area contributed by atoms with E-state index in [0.29, 0.717) is 10.1 Å². The van der Waals surface area contributed by atoms with Crippen molar-refractivity contribution in [3.8, 4) is 0 Å². The molecule has 2 aromatic rings. The molecule has 0 bridgehead atoms. The molecule has 0 atom stereocenters. The summed E-state index contributed by atoms with van der Waals surface area (Å²) >= 11 is 0. The molecule has 0 aliphatic rings. The summed E-state index contributed by atoms with van der Waals surface area (Å²) in [4.78, 5) is 59.9. The van der Waals surface area contributed by atoms with Crippen molar-refractivity contribution in [3.63, 3.8) is 0 Å². The summed E-state index contributed by atoms with van der Waals surface area (Å²) < 4.78 is 10.0. The first-order valence-electron chi connectivity index (χ1n) is 11.4. The highest BCUT2D eigenvalue weighted by Gasteiger charge is 2.27. The molecule has 200 valence electrons. The van der Waals surface area contributed by atoms with Gasteiger partial charge in [0, 0.05) is 11.1 Å². The molecule has 38 heavy (non-hydrogen) atoms. The minimum Gasteiger partial charge on any atom is -0.447 e. The van der Waals surface area contributed by atoms with Gasteiger partial charge in [-0.3, -0.25) is 0 Å². The Morgan fingerprint density at radius 2 is 1.03 bits per heavy atom. The molecular formula is C26H28N4O8. The first kappa shape index (κ1) is 29.2. The smallest absolute Gasteiger partial charge is 0.447 e. The van der Waals surface area contributed by atoms with Crippen LogP contribution in [0.25, 0.3) is 0 Å². The van der Waals surface area contributed by atoms with Crippen LogP contribution >= 0.6 is 0 Å². The van der Waals surface area contributed by atoms with Crippen molar-refractivity contribution < 1.29 is 38.3 Å². The number of para-hydroxylation sites is 2. The van der Waals surface area contributed by atoms with Crippen molar-refractivity contribution in [1.82, 2.24) is 0 Å². The molecule has 0 fully saturated rings. The summed E-state index contributed by atoms with van der Waals surface area (Å²) in [6.45, 7) is 13.1. The highest BCUT2D eigenvalue weighted by molar-refractivity contribution is 5.96. The van der Waals surface area contributed by atoms with E-state index in [1.807, 2.05) is 0 Å². The molecule has 2 rings (SSSR count). The third kappa shape index (κ3) is 7.75. The Morgan fingerprint density at radius 3 is 1.34 bits per heavy atom. The fraction of sp³-hybridized carbons (Fsp3) is 0.231. The maximum Gasteiger partial charge on any atom is 0.448 e. The lowest BCUT2D eigenvalue weighted by Gasteiger charge is -2.22. The fourth-order valence-electron chi connectivity index (χ4n) is 2.60. The second-order valence-electron chi connectivity index (χ2n) is 7.48. The van der Waals surface area contributed by atoms with Crippen LogP contribution in [0.15, 0.2) is 83.1 Å². The molecule has 0 saturated heterocycles. The second kappa shape index (κ2) is 13.9. The summed E-state index contributed by atoms with van der Waals surface area (Å²) in [6, 6.07) is 12.3. The van der Waals surface area contributed by atoms with Gasteiger partial charge in [0.15, 0.2) is 0 Å². The lowest BCUT2D eigenvalue weighted by molar-refractivity contribution is -0.140. The lowest BCUT2D eigenvalue weighted by Crippen LogP contribution is -2.34. The van der Waals surface area contributed by atoms with Gasteiger partial charge in [-0.1, -0.05) is 37.4 Å². The fourth-order valence-corrected chi connectivity index (χ4v) is 2.60. The maximum absolute atomic E-state index is 12.6. The Kier molecular flexibility index (Phi) is 10.7. The Hall–Kier alpha value is -5.00. The summed E-state index contributed by atoms with van der Waals surface area (Å²) in [7, 11) is 0. The summed E-state index contributed by atoms with van der Waals surface area (Å²) in [5.41, 5.74) is 0.389. The highest BCUT2D eigenvalue weighted by Crippen LogP contribution is 2.34. The van der Waals surface area contributed by atoms with Crippen molar-refractivity contribution in [3.05, 3.63) is 72.8 Å². The van der Waals surface area contributed by atoms with Crippen LogP contribution in [0, 0.1) is 0 Å². The number of azo groups is 1. The van der Waals surface area contributed by atoms with Gasteiger partial charge in [-0.15, -0.1) is 20.4 Å². The van der Waals surface area contributed by atoms with Gasteiger partial charge in [-0.25, -0.2) is 19.2 Å². The number of ether oxygens (including phenoxy) is 2. The zero-order valence-electron chi connectivity index (χ0n) is 21.5.